The Morgan fingerprint density at radius 1 is 1.10 bits per heavy atom. The van der Waals surface area contributed by atoms with Gasteiger partial charge in [-0.25, -0.2) is 0 Å². The topological polar surface area (TPSA) is 45.2 Å². The van der Waals surface area contributed by atoms with Gasteiger partial charge in [0.2, 0.25) is 0 Å². The molecule has 0 aromatic heterocycles. The van der Waals surface area contributed by atoms with E-state index in [9.17, 15) is 5.11 Å². The maximum absolute atomic E-state index is 10.4. The maximum Gasteiger partial charge on any atom is 0.162 e. The number of aliphatic hydroxyl groups is 1. The van der Waals surface area contributed by atoms with Crippen molar-refractivity contribution in [2.75, 3.05) is 58.4 Å². The van der Waals surface area contributed by atoms with E-state index in [0.29, 0.717) is 11.5 Å². The Labute approximate surface area is 191 Å². The van der Waals surface area contributed by atoms with E-state index in [1.807, 2.05) is 23.9 Å². The molecule has 0 bridgehead atoms. The first-order valence-electron chi connectivity index (χ1n) is 9.59. The third kappa shape index (κ3) is 8.09. The van der Waals surface area contributed by atoms with Gasteiger partial charge in [0.25, 0.3) is 0 Å². The second-order valence-corrected chi connectivity index (χ2v) is 8.52. The molecule has 2 aliphatic heterocycles. The highest BCUT2D eigenvalue weighted by Gasteiger charge is 2.26. The molecule has 0 aliphatic carbocycles. The maximum atomic E-state index is 10.4. The highest BCUT2D eigenvalue weighted by Crippen LogP contribution is 2.29. The molecule has 0 unspecified atom stereocenters. The fourth-order valence-electron chi connectivity index (χ4n) is 3.34. The van der Waals surface area contributed by atoms with E-state index in [-0.39, 0.29) is 31.4 Å². The van der Waals surface area contributed by atoms with Crippen molar-refractivity contribution in [3.05, 3.63) is 23.8 Å². The molecule has 1 aromatic carbocycles. The molecule has 2 heterocycles. The Hall–Kier alpha value is -0.810. The van der Waals surface area contributed by atoms with Gasteiger partial charge in [0.1, 0.15) is 12.2 Å². The zero-order valence-corrected chi connectivity index (χ0v) is 19.6. The summed E-state index contributed by atoms with van der Waals surface area (Å²) in [6.07, 6.45) is 1.46. The Bertz CT molecular complexity index is 682. The number of nitrogens with zero attached hydrogens (tertiary/aromatic N) is 2. The smallest absolute Gasteiger partial charge is 0.162 e. The van der Waals surface area contributed by atoms with Crippen LogP contribution in [0.15, 0.2) is 18.2 Å². The molecular weight excluding hydrogens is 431 g/mol. The summed E-state index contributed by atoms with van der Waals surface area (Å²) in [4.78, 5) is 4.82. The lowest BCUT2D eigenvalue weighted by Gasteiger charge is -2.32. The minimum atomic E-state index is -0.845. The zero-order valence-electron chi connectivity index (χ0n) is 17.2. The summed E-state index contributed by atoms with van der Waals surface area (Å²) in [7, 11) is 3.82. The van der Waals surface area contributed by atoms with Gasteiger partial charge in [0, 0.05) is 32.7 Å². The Kier molecular flexibility index (Phi) is 11.6. The monoisotopic (exact) mass is 462 g/mol. The van der Waals surface area contributed by atoms with Crippen LogP contribution in [0, 0.1) is 11.8 Å². The van der Waals surface area contributed by atoms with Crippen LogP contribution in [0.25, 0.3) is 0 Å². The number of rotatable bonds is 5. The van der Waals surface area contributed by atoms with Crippen molar-refractivity contribution in [3.8, 4) is 23.3 Å². The summed E-state index contributed by atoms with van der Waals surface area (Å²) < 4.78 is 11.3. The minimum absolute atomic E-state index is 0. The van der Waals surface area contributed by atoms with E-state index in [1.165, 1.54) is 5.56 Å². The molecule has 164 valence electrons. The van der Waals surface area contributed by atoms with Crippen LogP contribution in [0.5, 0.6) is 11.5 Å². The summed E-state index contributed by atoms with van der Waals surface area (Å²) >= 11 is 1.87. The molecule has 2 saturated heterocycles. The van der Waals surface area contributed by atoms with Crippen molar-refractivity contribution in [2.45, 2.75) is 25.0 Å². The first kappa shape index (κ1) is 26.2. The van der Waals surface area contributed by atoms with Crippen molar-refractivity contribution >= 4 is 36.6 Å². The molecule has 3 rings (SSSR count). The van der Waals surface area contributed by atoms with Crippen LogP contribution in [0.3, 0.4) is 0 Å². The zero-order chi connectivity index (χ0) is 19.1. The first-order chi connectivity index (χ1) is 13.1. The standard InChI is InChI=1S/C21H30N2O3S.2ClH/c1-22-9-11-23(12-10-22)17-18-4-5-19(25-2)20(16-18)26-13-3-6-21(24)7-14-27-15-8-21;;/h4-5,16,24H,7-15,17H2,1-2H3;2*1H. The summed E-state index contributed by atoms with van der Waals surface area (Å²) in [6, 6.07) is 6.10. The van der Waals surface area contributed by atoms with E-state index < -0.39 is 5.60 Å². The fourth-order valence-corrected chi connectivity index (χ4v) is 4.51. The van der Waals surface area contributed by atoms with E-state index in [1.54, 1.807) is 7.11 Å². The second-order valence-electron chi connectivity index (χ2n) is 7.30. The van der Waals surface area contributed by atoms with Gasteiger partial charge in [-0.2, -0.15) is 11.8 Å². The number of benzene rings is 1. The van der Waals surface area contributed by atoms with Gasteiger partial charge in [0.15, 0.2) is 11.5 Å². The fraction of sp³-hybridized carbons (Fsp3) is 0.619. The predicted molar refractivity (Wildman–Crippen MR) is 125 cm³/mol. The Balaban J connectivity index is 0.00000210. The molecule has 0 spiro atoms. The summed E-state index contributed by atoms with van der Waals surface area (Å²) in [5, 5.41) is 10.4. The third-order valence-electron chi connectivity index (χ3n) is 5.17. The Morgan fingerprint density at radius 2 is 1.79 bits per heavy atom. The molecule has 5 nitrogen and oxygen atoms in total. The van der Waals surface area contributed by atoms with Crippen LogP contribution in [0.1, 0.15) is 18.4 Å². The number of halogens is 2. The molecule has 29 heavy (non-hydrogen) atoms. The summed E-state index contributed by atoms with van der Waals surface area (Å²) in [6.45, 7) is 5.55. The molecular formula is C21H32Cl2N2O3S. The highest BCUT2D eigenvalue weighted by molar-refractivity contribution is 7.99. The normalized spacial score (nSPS) is 19.1. The van der Waals surface area contributed by atoms with Gasteiger partial charge in [0.05, 0.1) is 7.11 Å². The number of ether oxygens (including phenoxy) is 2. The van der Waals surface area contributed by atoms with Crippen molar-refractivity contribution in [1.29, 1.82) is 0 Å². The van der Waals surface area contributed by atoms with Crippen LogP contribution in [0.4, 0.5) is 0 Å². The molecule has 1 aromatic rings. The van der Waals surface area contributed by atoms with Gasteiger partial charge in [-0.15, -0.1) is 24.8 Å². The van der Waals surface area contributed by atoms with Gasteiger partial charge in [-0.3, -0.25) is 4.90 Å². The average molecular weight is 463 g/mol. The number of likely N-dealkylation sites (N-methyl/N-ethyl adjacent to an activating group) is 1. The number of hydrogen-bond donors (Lipinski definition) is 1. The number of hydrogen-bond acceptors (Lipinski definition) is 6. The summed E-state index contributed by atoms with van der Waals surface area (Å²) in [5.41, 5.74) is 0.369. The Morgan fingerprint density at radius 3 is 2.45 bits per heavy atom. The number of thioether (sulfide) groups is 1. The summed E-state index contributed by atoms with van der Waals surface area (Å²) in [5.74, 6) is 9.36. The van der Waals surface area contributed by atoms with E-state index in [4.69, 9.17) is 9.47 Å². The molecule has 8 heteroatoms. The van der Waals surface area contributed by atoms with Crippen LogP contribution < -0.4 is 9.47 Å². The van der Waals surface area contributed by atoms with Crippen LogP contribution in [-0.4, -0.2) is 79.0 Å². The van der Waals surface area contributed by atoms with Crippen LogP contribution in [0.2, 0.25) is 0 Å². The van der Waals surface area contributed by atoms with E-state index in [2.05, 4.69) is 34.8 Å². The van der Waals surface area contributed by atoms with Crippen molar-refractivity contribution < 1.29 is 14.6 Å². The molecule has 1 N–H and O–H groups in total. The second kappa shape index (κ2) is 12.8. The van der Waals surface area contributed by atoms with Gasteiger partial charge < -0.3 is 19.5 Å². The largest absolute Gasteiger partial charge is 0.493 e. The van der Waals surface area contributed by atoms with Crippen molar-refractivity contribution in [3.63, 3.8) is 0 Å². The SMILES string of the molecule is COc1ccc(CN2CCN(C)CC2)cc1OCC#CC1(O)CCSCC1.Cl.Cl. The van der Waals surface area contributed by atoms with E-state index >= 15 is 0 Å². The molecule has 0 amide bonds. The molecule has 0 radical (unpaired) electrons. The highest BCUT2D eigenvalue weighted by atomic mass is 35.5. The number of piperazine rings is 1. The molecule has 2 aliphatic rings. The van der Waals surface area contributed by atoms with Crippen LogP contribution >= 0.6 is 36.6 Å². The molecule has 2 fully saturated rings. The van der Waals surface area contributed by atoms with Gasteiger partial charge >= 0.3 is 0 Å². The van der Waals surface area contributed by atoms with Crippen molar-refractivity contribution in [2.24, 2.45) is 0 Å². The lowest BCUT2D eigenvalue weighted by Crippen LogP contribution is -2.43. The van der Waals surface area contributed by atoms with Crippen LogP contribution in [-0.2, 0) is 6.54 Å². The quantitative estimate of drug-likeness (QED) is 0.678. The number of methoxy groups -OCH3 is 1. The van der Waals surface area contributed by atoms with Gasteiger partial charge in [-0.1, -0.05) is 17.9 Å². The third-order valence-corrected chi connectivity index (χ3v) is 6.16. The van der Waals surface area contributed by atoms with Crippen molar-refractivity contribution in [1.82, 2.24) is 9.80 Å². The first-order valence-corrected chi connectivity index (χ1v) is 10.7. The lowest BCUT2D eigenvalue weighted by atomic mass is 9.98. The average Bonchev–Trinajstić information content (AvgIpc) is 2.68. The predicted octanol–water partition coefficient (Wildman–Crippen LogP) is 2.93. The van der Waals surface area contributed by atoms with Gasteiger partial charge in [-0.05, 0) is 49.1 Å². The minimum Gasteiger partial charge on any atom is -0.493 e. The lowest BCUT2D eigenvalue weighted by molar-refractivity contribution is 0.0925. The van der Waals surface area contributed by atoms with E-state index in [0.717, 1.165) is 57.1 Å². The molecule has 0 saturated carbocycles. The molecule has 0 atom stereocenters.